The molecule has 0 aliphatic heterocycles. The molecule has 0 spiro atoms. The minimum Gasteiger partial charge on any atom is -0.297 e. The van der Waals surface area contributed by atoms with Crippen molar-refractivity contribution in [2.45, 2.75) is 6.92 Å². The lowest BCUT2D eigenvalue weighted by atomic mass is 10.1. The first-order valence-electron chi connectivity index (χ1n) is 6.70. The molecule has 0 fully saturated rings. The van der Waals surface area contributed by atoms with Gasteiger partial charge >= 0.3 is 0 Å². The molecule has 3 aromatic rings. The van der Waals surface area contributed by atoms with E-state index in [9.17, 15) is 9.18 Å². The Bertz CT molecular complexity index is 881. The normalized spacial score (nSPS) is 10.6. The van der Waals surface area contributed by atoms with E-state index in [1.54, 1.807) is 31.2 Å². The Balaban J connectivity index is 1.80. The summed E-state index contributed by atoms with van der Waals surface area (Å²) in [6.07, 6.45) is 0. The predicted molar refractivity (Wildman–Crippen MR) is 89.4 cm³/mol. The third-order valence-corrected chi connectivity index (χ3v) is 4.16. The highest BCUT2D eigenvalue weighted by molar-refractivity contribution is 7.10. The summed E-state index contributed by atoms with van der Waals surface area (Å²) in [6.45, 7) is 1.64. The van der Waals surface area contributed by atoms with E-state index in [1.165, 1.54) is 6.07 Å². The van der Waals surface area contributed by atoms with E-state index in [-0.39, 0.29) is 5.56 Å². The lowest BCUT2D eigenvalue weighted by Gasteiger charge is -2.03. The Morgan fingerprint density at radius 3 is 2.78 bits per heavy atom. The van der Waals surface area contributed by atoms with Crippen molar-refractivity contribution < 1.29 is 9.18 Å². The summed E-state index contributed by atoms with van der Waals surface area (Å²) in [5.74, 6) is -0.427. The quantitative estimate of drug-likeness (QED) is 0.755. The smallest absolute Gasteiger partial charge is 0.257 e. The molecule has 0 saturated heterocycles. The molecule has 0 saturated carbocycles. The summed E-state index contributed by atoms with van der Waals surface area (Å²) in [5.41, 5.74) is 1.40. The number of aryl methyl sites for hydroxylation is 1. The van der Waals surface area contributed by atoms with Gasteiger partial charge in [-0.2, -0.15) is 9.36 Å². The lowest BCUT2D eigenvalue weighted by Crippen LogP contribution is -2.12. The van der Waals surface area contributed by atoms with Crippen LogP contribution in [0.1, 0.15) is 15.9 Å². The van der Waals surface area contributed by atoms with Crippen LogP contribution in [0.3, 0.4) is 0 Å². The van der Waals surface area contributed by atoms with Crippen molar-refractivity contribution in [1.82, 2.24) is 9.36 Å². The second-order valence-electron chi connectivity index (χ2n) is 4.82. The number of aromatic nitrogens is 2. The van der Waals surface area contributed by atoms with Crippen LogP contribution in [0.2, 0.25) is 5.02 Å². The van der Waals surface area contributed by atoms with Gasteiger partial charge in [0.2, 0.25) is 5.13 Å². The van der Waals surface area contributed by atoms with Gasteiger partial charge < -0.3 is 0 Å². The van der Waals surface area contributed by atoms with Crippen molar-refractivity contribution in [2.75, 3.05) is 5.32 Å². The average molecular weight is 348 g/mol. The van der Waals surface area contributed by atoms with Gasteiger partial charge in [-0.15, -0.1) is 0 Å². The SMILES string of the molecule is Cc1ccc(C(=O)Nc2nc(-c3ccccc3Cl)ns2)cc1F. The summed E-state index contributed by atoms with van der Waals surface area (Å²) >= 11 is 7.14. The van der Waals surface area contributed by atoms with Gasteiger partial charge in [-0.3, -0.25) is 10.1 Å². The lowest BCUT2D eigenvalue weighted by molar-refractivity contribution is 0.102. The molecule has 23 heavy (non-hydrogen) atoms. The van der Waals surface area contributed by atoms with Gasteiger partial charge in [0, 0.05) is 22.7 Å². The van der Waals surface area contributed by atoms with Crippen LogP contribution in [0.4, 0.5) is 9.52 Å². The van der Waals surface area contributed by atoms with Gasteiger partial charge in [0.25, 0.3) is 5.91 Å². The summed E-state index contributed by atoms with van der Waals surface area (Å²) in [6, 6.07) is 11.5. The van der Waals surface area contributed by atoms with Crippen LogP contribution in [0, 0.1) is 12.7 Å². The topological polar surface area (TPSA) is 54.9 Å². The Labute approximate surface area is 141 Å². The molecular formula is C16H11ClFN3OS. The molecular weight excluding hydrogens is 337 g/mol. The number of carbonyl (C=O) groups is 1. The minimum absolute atomic E-state index is 0.225. The first-order chi connectivity index (χ1) is 11.0. The zero-order valence-electron chi connectivity index (χ0n) is 12.0. The molecule has 0 atom stereocenters. The molecule has 1 N–H and O–H groups in total. The van der Waals surface area contributed by atoms with Crippen molar-refractivity contribution in [3.63, 3.8) is 0 Å². The molecule has 0 aliphatic rings. The number of nitrogens with zero attached hydrogens (tertiary/aromatic N) is 2. The van der Waals surface area contributed by atoms with Crippen LogP contribution in [0.5, 0.6) is 0 Å². The van der Waals surface area contributed by atoms with Gasteiger partial charge in [0.05, 0.1) is 5.02 Å². The number of nitrogens with one attached hydrogen (secondary N) is 1. The van der Waals surface area contributed by atoms with Crippen molar-refractivity contribution in [3.05, 3.63) is 64.4 Å². The van der Waals surface area contributed by atoms with Gasteiger partial charge in [-0.25, -0.2) is 4.39 Å². The number of anilines is 1. The van der Waals surface area contributed by atoms with Gasteiger partial charge in [-0.1, -0.05) is 29.8 Å². The molecule has 1 aromatic heterocycles. The molecule has 0 unspecified atom stereocenters. The molecule has 2 aromatic carbocycles. The molecule has 0 radical (unpaired) electrons. The number of rotatable bonds is 3. The van der Waals surface area contributed by atoms with Crippen LogP contribution in [-0.4, -0.2) is 15.3 Å². The van der Waals surface area contributed by atoms with E-state index < -0.39 is 11.7 Å². The number of hydrogen-bond donors (Lipinski definition) is 1. The molecule has 1 amide bonds. The maximum atomic E-state index is 13.5. The molecule has 7 heteroatoms. The molecule has 1 heterocycles. The zero-order chi connectivity index (χ0) is 16.4. The number of halogens is 2. The number of hydrogen-bond acceptors (Lipinski definition) is 4. The monoisotopic (exact) mass is 347 g/mol. The van der Waals surface area contributed by atoms with Crippen molar-refractivity contribution in [2.24, 2.45) is 0 Å². The molecule has 0 aliphatic carbocycles. The second-order valence-corrected chi connectivity index (χ2v) is 5.98. The first-order valence-corrected chi connectivity index (χ1v) is 7.86. The summed E-state index contributed by atoms with van der Waals surface area (Å²) in [4.78, 5) is 16.4. The van der Waals surface area contributed by atoms with E-state index in [2.05, 4.69) is 14.7 Å². The van der Waals surface area contributed by atoms with Gasteiger partial charge in [-0.05, 0) is 36.8 Å². The average Bonchev–Trinajstić information content (AvgIpc) is 2.98. The second kappa shape index (κ2) is 6.44. The standard InChI is InChI=1S/C16H11ClFN3OS/c1-9-6-7-10(8-13(9)18)15(22)20-16-19-14(21-23-16)11-4-2-3-5-12(11)17/h2-8H,1H3,(H,19,20,21,22). The van der Waals surface area contributed by atoms with E-state index in [0.717, 1.165) is 11.5 Å². The Morgan fingerprint density at radius 1 is 1.26 bits per heavy atom. The summed E-state index contributed by atoms with van der Waals surface area (Å²) in [7, 11) is 0. The van der Waals surface area contributed by atoms with Gasteiger partial charge in [0.15, 0.2) is 5.82 Å². The molecule has 4 nitrogen and oxygen atoms in total. The van der Waals surface area contributed by atoms with Gasteiger partial charge in [0.1, 0.15) is 5.82 Å². The van der Waals surface area contributed by atoms with Crippen molar-refractivity contribution in [3.8, 4) is 11.4 Å². The maximum Gasteiger partial charge on any atom is 0.257 e. The minimum atomic E-state index is -0.439. The number of amides is 1. The highest BCUT2D eigenvalue weighted by Gasteiger charge is 2.13. The van der Waals surface area contributed by atoms with Crippen LogP contribution < -0.4 is 5.32 Å². The summed E-state index contributed by atoms with van der Waals surface area (Å²) < 4.78 is 17.7. The van der Waals surface area contributed by atoms with Crippen molar-refractivity contribution >= 4 is 34.2 Å². The van der Waals surface area contributed by atoms with E-state index in [0.29, 0.717) is 27.1 Å². The number of carbonyl (C=O) groups excluding carboxylic acids is 1. The zero-order valence-corrected chi connectivity index (χ0v) is 13.6. The maximum absolute atomic E-state index is 13.5. The molecule has 3 rings (SSSR count). The van der Waals surface area contributed by atoms with Crippen LogP contribution >= 0.6 is 23.1 Å². The largest absolute Gasteiger partial charge is 0.297 e. The fourth-order valence-electron chi connectivity index (χ4n) is 1.93. The fraction of sp³-hybridized carbons (Fsp3) is 0.0625. The first kappa shape index (κ1) is 15.6. The Hall–Kier alpha value is -2.31. The number of benzene rings is 2. The third kappa shape index (κ3) is 3.38. The van der Waals surface area contributed by atoms with Crippen LogP contribution in [-0.2, 0) is 0 Å². The van der Waals surface area contributed by atoms with Crippen molar-refractivity contribution in [1.29, 1.82) is 0 Å². The Kier molecular flexibility index (Phi) is 4.36. The van der Waals surface area contributed by atoms with E-state index in [4.69, 9.17) is 11.6 Å². The van der Waals surface area contributed by atoms with E-state index in [1.807, 2.05) is 12.1 Å². The van der Waals surface area contributed by atoms with Crippen LogP contribution in [0.15, 0.2) is 42.5 Å². The van der Waals surface area contributed by atoms with E-state index >= 15 is 0 Å². The van der Waals surface area contributed by atoms with Crippen LogP contribution in [0.25, 0.3) is 11.4 Å². The molecule has 116 valence electrons. The predicted octanol–water partition coefficient (Wildman–Crippen LogP) is 4.56. The highest BCUT2D eigenvalue weighted by atomic mass is 35.5. The Morgan fingerprint density at radius 2 is 2.04 bits per heavy atom. The highest BCUT2D eigenvalue weighted by Crippen LogP contribution is 2.27. The third-order valence-electron chi connectivity index (χ3n) is 3.20. The summed E-state index contributed by atoms with van der Waals surface area (Å²) in [5, 5.41) is 3.47. The molecule has 0 bridgehead atoms. The fourth-order valence-corrected chi connectivity index (χ4v) is 2.73.